The molecule has 0 aliphatic carbocycles. The quantitative estimate of drug-likeness (QED) is 0.315. The minimum Gasteiger partial charge on any atom is -0.484 e. The van der Waals surface area contributed by atoms with Crippen molar-refractivity contribution in [2.24, 2.45) is 5.73 Å². The van der Waals surface area contributed by atoms with Gasteiger partial charge in [0.2, 0.25) is 0 Å². The number of hydrogen-bond acceptors (Lipinski definition) is 9. The highest BCUT2D eigenvalue weighted by Crippen LogP contribution is 2.27. The fourth-order valence-electron chi connectivity index (χ4n) is 3.77. The number of benzene rings is 1. The van der Waals surface area contributed by atoms with E-state index in [1.54, 1.807) is 30.7 Å². The highest BCUT2D eigenvalue weighted by atomic mass is 16.5. The fourth-order valence-corrected chi connectivity index (χ4v) is 3.77. The average molecular weight is 457 g/mol. The largest absolute Gasteiger partial charge is 0.484 e. The topological polar surface area (TPSA) is 140 Å². The van der Waals surface area contributed by atoms with Crippen molar-refractivity contribution < 1.29 is 9.53 Å². The van der Waals surface area contributed by atoms with Gasteiger partial charge in [0.1, 0.15) is 17.4 Å². The maximum Gasteiger partial charge on any atom is 0.255 e. The number of rotatable bonds is 8. The molecule has 34 heavy (non-hydrogen) atoms. The van der Waals surface area contributed by atoms with Gasteiger partial charge >= 0.3 is 0 Å². The van der Waals surface area contributed by atoms with Crippen LogP contribution in [0.1, 0.15) is 6.42 Å². The number of anilines is 3. The molecule has 5 rings (SSSR count). The Bertz CT molecular complexity index is 1310. The molecule has 1 fully saturated rings. The number of carbonyl (C=O) groups excluding carboxylic acids is 1. The molecule has 3 aromatic heterocycles. The Hall–Kier alpha value is -4.31. The first-order valence-electron chi connectivity index (χ1n) is 11.0. The molecule has 0 radical (unpaired) electrons. The van der Waals surface area contributed by atoms with E-state index in [1.807, 2.05) is 30.3 Å². The number of ether oxygens (including phenoxy) is 1. The molecule has 0 bridgehead atoms. The van der Waals surface area contributed by atoms with Gasteiger partial charge in [0, 0.05) is 41.6 Å². The SMILES string of the molecule is NC(=O)COc1ccc(Nc2cc(-c3nc(NC4CCNC4)c4ccncc4n3)ccn2)cc1. The third kappa shape index (κ3) is 5.02. The molecule has 1 unspecified atom stereocenters. The van der Waals surface area contributed by atoms with Crippen LogP contribution in [0.5, 0.6) is 5.75 Å². The van der Waals surface area contributed by atoms with Crippen LogP contribution < -0.4 is 26.4 Å². The first-order valence-corrected chi connectivity index (χ1v) is 11.0. The van der Waals surface area contributed by atoms with Crippen molar-refractivity contribution in [2.45, 2.75) is 12.5 Å². The van der Waals surface area contributed by atoms with Gasteiger partial charge in [0.25, 0.3) is 5.91 Å². The molecule has 10 heteroatoms. The molecule has 4 aromatic rings. The van der Waals surface area contributed by atoms with Gasteiger partial charge in [-0.15, -0.1) is 0 Å². The summed E-state index contributed by atoms with van der Waals surface area (Å²) in [4.78, 5) is 29.1. The maximum atomic E-state index is 10.9. The minimum absolute atomic E-state index is 0.161. The molecule has 1 aliphatic heterocycles. The number of amides is 1. The summed E-state index contributed by atoms with van der Waals surface area (Å²) in [5.74, 6) is 2.08. The zero-order valence-corrected chi connectivity index (χ0v) is 18.4. The lowest BCUT2D eigenvalue weighted by Crippen LogP contribution is -2.23. The van der Waals surface area contributed by atoms with Gasteiger partial charge in [-0.25, -0.2) is 15.0 Å². The van der Waals surface area contributed by atoms with E-state index in [0.29, 0.717) is 23.4 Å². The maximum absolute atomic E-state index is 10.9. The second kappa shape index (κ2) is 9.67. The van der Waals surface area contributed by atoms with E-state index in [1.165, 1.54) is 0 Å². The number of hydrogen-bond donors (Lipinski definition) is 4. The van der Waals surface area contributed by atoms with Crippen molar-refractivity contribution in [1.82, 2.24) is 25.3 Å². The number of nitrogens with zero attached hydrogens (tertiary/aromatic N) is 4. The summed E-state index contributed by atoms with van der Waals surface area (Å²) in [5.41, 5.74) is 7.53. The molecule has 5 N–H and O–H groups in total. The van der Waals surface area contributed by atoms with E-state index < -0.39 is 5.91 Å². The second-order valence-corrected chi connectivity index (χ2v) is 7.96. The van der Waals surface area contributed by atoms with E-state index in [4.69, 9.17) is 20.4 Å². The van der Waals surface area contributed by atoms with E-state index in [0.717, 1.165) is 47.5 Å². The van der Waals surface area contributed by atoms with Gasteiger partial charge in [-0.1, -0.05) is 0 Å². The standard InChI is InChI=1S/C24H24N8O2/c25-21(33)14-34-18-3-1-16(2-4-18)29-22-11-15(5-10-28-22)23-31-20-13-27-9-7-19(20)24(32-23)30-17-6-8-26-12-17/h1-5,7,9-11,13,17,26H,6,8,12,14H2,(H2,25,33)(H,28,29)(H,30,31,32). The molecule has 1 atom stereocenters. The number of primary amides is 1. The molecular weight excluding hydrogens is 432 g/mol. The lowest BCUT2D eigenvalue weighted by Gasteiger charge is -2.15. The average Bonchev–Trinajstić information content (AvgIpc) is 3.37. The van der Waals surface area contributed by atoms with Gasteiger partial charge in [-0.2, -0.15) is 0 Å². The molecule has 1 saturated heterocycles. The van der Waals surface area contributed by atoms with Gasteiger partial charge < -0.3 is 26.4 Å². The van der Waals surface area contributed by atoms with Crippen LogP contribution in [0.4, 0.5) is 17.3 Å². The van der Waals surface area contributed by atoms with Crippen LogP contribution in [-0.4, -0.2) is 51.6 Å². The summed E-state index contributed by atoms with van der Waals surface area (Å²) in [6, 6.07) is 13.2. The number of carbonyl (C=O) groups is 1. The van der Waals surface area contributed by atoms with Crippen LogP contribution in [0.2, 0.25) is 0 Å². The Balaban J connectivity index is 1.39. The third-order valence-corrected chi connectivity index (χ3v) is 5.43. The highest BCUT2D eigenvalue weighted by Gasteiger charge is 2.17. The first kappa shape index (κ1) is 21.5. The van der Waals surface area contributed by atoms with Gasteiger partial charge in [-0.05, 0) is 55.4 Å². The fraction of sp³-hybridized carbons (Fsp3) is 0.208. The third-order valence-electron chi connectivity index (χ3n) is 5.43. The van der Waals surface area contributed by atoms with Crippen molar-refractivity contribution >= 4 is 34.1 Å². The lowest BCUT2D eigenvalue weighted by atomic mass is 10.2. The van der Waals surface area contributed by atoms with Crippen molar-refractivity contribution in [3.05, 3.63) is 61.1 Å². The van der Waals surface area contributed by atoms with E-state index in [2.05, 4.69) is 25.9 Å². The normalized spacial score (nSPS) is 15.2. The number of nitrogens with two attached hydrogens (primary N) is 1. The van der Waals surface area contributed by atoms with Gasteiger partial charge in [-0.3, -0.25) is 9.78 Å². The number of nitrogens with one attached hydrogen (secondary N) is 3. The van der Waals surface area contributed by atoms with Crippen molar-refractivity contribution in [3.63, 3.8) is 0 Å². The summed E-state index contributed by atoms with van der Waals surface area (Å²) >= 11 is 0. The molecule has 10 nitrogen and oxygen atoms in total. The number of pyridine rings is 2. The van der Waals surface area contributed by atoms with E-state index >= 15 is 0 Å². The van der Waals surface area contributed by atoms with Crippen LogP contribution in [-0.2, 0) is 4.79 Å². The smallest absolute Gasteiger partial charge is 0.255 e. The zero-order chi connectivity index (χ0) is 23.3. The predicted octanol–water partition coefficient (Wildman–Crippen LogP) is 2.47. The predicted molar refractivity (Wildman–Crippen MR) is 130 cm³/mol. The van der Waals surface area contributed by atoms with Gasteiger partial charge in [0.15, 0.2) is 12.4 Å². The Labute approximate surface area is 196 Å². The molecule has 172 valence electrons. The lowest BCUT2D eigenvalue weighted by molar-refractivity contribution is -0.119. The summed E-state index contributed by atoms with van der Waals surface area (Å²) in [7, 11) is 0. The van der Waals surface area contributed by atoms with Gasteiger partial charge in [0.05, 0.1) is 11.7 Å². The summed E-state index contributed by atoms with van der Waals surface area (Å²) < 4.78 is 5.29. The molecule has 4 heterocycles. The Morgan fingerprint density at radius 1 is 1.15 bits per heavy atom. The highest BCUT2D eigenvalue weighted by molar-refractivity contribution is 5.90. The van der Waals surface area contributed by atoms with Crippen LogP contribution >= 0.6 is 0 Å². The Kier molecular flexibility index (Phi) is 6.13. The minimum atomic E-state index is -0.520. The first-order chi connectivity index (χ1) is 16.6. The molecular formula is C24H24N8O2. The van der Waals surface area contributed by atoms with Crippen LogP contribution in [0.15, 0.2) is 61.1 Å². The Morgan fingerprint density at radius 2 is 2.03 bits per heavy atom. The number of aromatic nitrogens is 4. The Morgan fingerprint density at radius 3 is 2.82 bits per heavy atom. The second-order valence-electron chi connectivity index (χ2n) is 7.96. The molecule has 1 aromatic carbocycles. The van der Waals surface area contributed by atoms with Crippen molar-refractivity contribution in [2.75, 3.05) is 30.3 Å². The monoisotopic (exact) mass is 456 g/mol. The van der Waals surface area contributed by atoms with E-state index in [9.17, 15) is 4.79 Å². The van der Waals surface area contributed by atoms with Crippen LogP contribution in [0.25, 0.3) is 22.3 Å². The van der Waals surface area contributed by atoms with Crippen LogP contribution in [0, 0.1) is 0 Å². The summed E-state index contributed by atoms with van der Waals surface area (Å²) in [6.07, 6.45) is 6.26. The number of fused-ring (bicyclic) bond motifs is 1. The molecule has 0 saturated carbocycles. The zero-order valence-electron chi connectivity index (χ0n) is 18.4. The van der Waals surface area contributed by atoms with E-state index in [-0.39, 0.29) is 6.61 Å². The summed E-state index contributed by atoms with van der Waals surface area (Å²) in [6.45, 7) is 1.74. The van der Waals surface area contributed by atoms with Crippen molar-refractivity contribution in [3.8, 4) is 17.1 Å². The molecule has 0 spiro atoms. The summed E-state index contributed by atoms with van der Waals surface area (Å²) in [5, 5.41) is 11.1. The molecule has 1 amide bonds. The molecule has 1 aliphatic rings. The van der Waals surface area contributed by atoms with Crippen LogP contribution in [0.3, 0.4) is 0 Å². The van der Waals surface area contributed by atoms with Crippen molar-refractivity contribution in [1.29, 1.82) is 0 Å².